The van der Waals surface area contributed by atoms with E-state index in [-0.39, 0.29) is 12.0 Å². The molecule has 0 fully saturated rings. The van der Waals surface area contributed by atoms with Gasteiger partial charge in [-0.15, -0.1) is 0 Å². The number of hydrogen-bond donors (Lipinski definition) is 3. The van der Waals surface area contributed by atoms with E-state index in [1.54, 1.807) is 45.0 Å². The molecule has 4 N–H and O–H groups in total. The van der Waals surface area contributed by atoms with Crippen LogP contribution in [0.5, 0.6) is 0 Å². The van der Waals surface area contributed by atoms with Gasteiger partial charge in [0.1, 0.15) is 11.6 Å². The number of nitrogens with zero attached hydrogens (tertiary/aromatic N) is 1. The van der Waals surface area contributed by atoms with Gasteiger partial charge in [0.2, 0.25) is 0 Å². The summed E-state index contributed by atoms with van der Waals surface area (Å²) in [7, 11) is 0. The van der Waals surface area contributed by atoms with Gasteiger partial charge in [0.05, 0.1) is 12.0 Å². The first-order valence-electron chi connectivity index (χ1n) is 6.07. The molecule has 0 spiro atoms. The van der Waals surface area contributed by atoms with Crippen LogP contribution in [0.1, 0.15) is 37.9 Å². The van der Waals surface area contributed by atoms with Gasteiger partial charge in [-0.3, -0.25) is 10.4 Å². The van der Waals surface area contributed by atoms with Crippen molar-refractivity contribution in [3.05, 3.63) is 35.4 Å². The van der Waals surface area contributed by atoms with Crippen molar-refractivity contribution in [3.8, 4) is 0 Å². The van der Waals surface area contributed by atoms with E-state index >= 15 is 0 Å². The van der Waals surface area contributed by atoms with Gasteiger partial charge in [0, 0.05) is 0 Å². The van der Waals surface area contributed by atoms with Crippen LogP contribution in [0.15, 0.2) is 24.3 Å². The Morgan fingerprint density at radius 1 is 1.40 bits per heavy atom. The third-order valence-corrected chi connectivity index (χ3v) is 2.32. The summed E-state index contributed by atoms with van der Waals surface area (Å²) in [5, 5.41) is 16.6. The molecule has 112 valence electrons. The second-order valence-electron chi connectivity index (χ2n) is 5.28. The monoisotopic (exact) mass is 284 g/mol. The molecule has 0 aliphatic heterocycles. The highest BCUT2D eigenvalue weighted by molar-refractivity contribution is 5.77. The van der Waals surface area contributed by atoms with Gasteiger partial charge in [-0.25, -0.2) is 9.63 Å². The van der Waals surface area contributed by atoms with Crippen LogP contribution in [0.4, 0.5) is 0 Å². The Bertz CT molecular complexity index is 456. The van der Waals surface area contributed by atoms with Gasteiger partial charge >= 0.3 is 5.97 Å². The number of rotatable bonds is 5. The fraction of sp³-hybridized carbons (Fsp3) is 0.462. The number of nitrogens with two attached hydrogens (primary N) is 1. The molecule has 0 aromatic heterocycles. The lowest BCUT2D eigenvalue weighted by Crippen LogP contribution is -2.31. The summed E-state index contributed by atoms with van der Waals surface area (Å²) in [4.78, 5) is 16.4. The SMILES string of the molecule is CC(C)(C)OC(=O)C(N)c1cccc(CON(O)O)c1. The van der Waals surface area contributed by atoms with Crippen molar-refractivity contribution in [2.45, 2.75) is 39.0 Å². The summed E-state index contributed by atoms with van der Waals surface area (Å²) in [6.45, 7) is 5.22. The van der Waals surface area contributed by atoms with Gasteiger partial charge in [-0.1, -0.05) is 24.3 Å². The molecule has 7 heteroatoms. The van der Waals surface area contributed by atoms with Crippen molar-refractivity contribution in [3.63, 3.8) is 0 Å². The molecule has 0 radical (unpaired) electrons. The Hall–Kier alpha value is -1.51. The average molecular weight is 284 g/mol. The van der Waals surface area contributed by atoms with E-state index in [1.807, 2.05) is 0 Å². The summed E-state index contributed by atoms with van der Waals surface area (Å²) in [6, 6.07) is 5.81. The quantitative estimate of drug-likeness (QED) is 0.556. The highest BCUT2D eigenvalue weighted by Gasteiger charge is 2.23. The first kappa shape index (κ1) is 16.5. The maximum Gasteiger partial charge on any atom is 0.328 e. The van der Waals surface area contributed by atoms with Gasteiger partial charge in [0.15, 0.2) is 0 Å². The molecule has 1 aromatic carbocycles. The topological polar surface area (TPSA) is 105 Å². The lowest BCUT2D eigenvalue weighted by atomic mass is 10.0. The number of carbonyl (C=O) groups excluding carboxylic acids is 1. The van der Waals surface area contributed by atoms with Crippen LogP contribution >= 0.6 is 0 Å². The molecule has 0 bridgehead atoms. The van der Waals surface area contributed by atoms with Crippen LogP contribution in [0, 0.1) is 0 Å². The third-order valence-electron chi connectivity index (χ3n) is 2.32. The normalized spacial score (nSPS) is 13.3. The molecule has 0 aliphatic carbocycles. The van der Waals surface area contributed by atoms with E-state index in [0.717, 1.165) is 0 Å². The number of hydrogen-bond acceptors (Lipinski definition) is 7. The van der Waals surface area contributed by atoms with E-state index < -0.39 is 17.6 Å². The Morgan fingerprint density at radius 2 is 2.05 bits per heavy atom. The average Bonchev–Trinajstić information content (AvgIpc) is 2.33. The highest BCUT2D eigenvalue weighted by Crippen LogP contribution is 2.18. The molecule has 20 heavy (non-hydrogen) atoms. The minimum atomic E-state index is -0.909. The summed E-state index contributed by atoms with van der Waals surface area (Å²) < 4.78 is 5.21. The predicted octanol–water partition coefficient (Wildman–Crippen LogP) is 1.54. The maximum absolute atomic E-state index is 11.9. The summed E-state index contributed by atoms with van der Waals surface area (Å²) in [6.07, 6.45) is 0. The molecule has 0 heterocycles. The Labute approximate surface area is 117 Å². The van der Waals surface area contributed by atoms with Crippen LogP contribution in [0.3, 0.4) is 0 Å². The van der Waals surface area contributed by atoms with Crippen molar-refractivity contribution in [2.75, 3.05) is 0 Å². The van der Waals surface area contributed by atoms with Crippen LogP contribution in [-0.4, -0.2) is 27.4 Å². The molecule has 1 atom stereocenters. The lowest BCUT2D eigenvalue weighted by Gasteiger charge is -2.22. The molecule has 1 unspecified atom stereocenters. The van der Waals surface area contributed by atoms with Crippen molar-refractivity contribution in [1.82, 2.24) is 5.39 Å². The molecule has 7 nitrogen and oxygen atoms in total. The molecule has 1 aromatic rings. The predicted molar refractivity (Wildman–Crippen MR) is 69.4 cm³/mol. The number of esters is 1. The van der Waals surface area contributed by atoms with E-state index in [2.05, 4.69) is 4.84 Å². The molecule has 0 saturated heterocycles. The highest BCUT2D eigenvalue weighted by atomic mass is 17.1. The zero-order valence-electron chi connectivity index (χ0n) is 11.7. The zero-order chi connectivity index (χ0) is 15.3. The molecular weight excluding hydrogens is 264 g/mol. The maximum atomic E-state index is 11.9. The first-order chi connectivity index (χ1) is 9.19. The van der Waals surface area contributed by atoms with Crippen molar-refractivity contribution < 1.29 is 24.8 Å². The largest absolute Gasteiger partial charge is 0.459 e. The van der Waals surface area contributed by atoms with Crippen molar-refractivity contribution >= 4 is 5.97 Å². The fourth-order valence-corrected chi connectivity index (χ4v) is 1.51. The second-order valence-corrected chi connectivity index (χ2v) is 5.28. The van der Waals surface area contributed by atoms with E-state index in [0.29, 0.717) is 11.1 Å². The van der Waals surface area contributed by atoms with Crippen LogP contribution in [0.25, 0.3) is 0 Å². The first-order valence-corrected chi connectivity index (χ1v) is 6.07. The van der Waals surface area contributed by atoms with Gasteiger partial charge in [-0.05, 0) is 31.9 Å². The van der Waals surface area contributed by atoms with Gasteiger partial charge < -0.3 is 10.5 Å². The van der Waals surface area contributed by atoms with Crippen LogP contribution in [-0.2, 0) is 21.0 Å². The van der Waals surface area contributed by atoms with Crippen LogP contribution < -0.4 is 5.73 Å². The minimum absolute atomic E-state index is 0.0676. The Kier molecular flexibility index (Phi) is 5.61. The summed E-state index contributed by atoms with van der Waals surface area (Å²) >= 11 is 0. The van der Waals surface area contributed by atoms with Gasteiger partial charge in [-0.2, -0.15) is 0 Å². The lowest BCUT2D eigenvalue weighted by molar-refractivity contribution is -0.497. The van der Waals surface area contributed by atoms with E-state index in [4.69, 9.17) is 20.9 Å². The van der Waals surface area contributed by atoms with Crippen molar-refractivity contribution in [1.29, 1.82) is 0 Å². The zero-order valence-corrected chi connectivity index (χ0v) is 11.7. The van der Waals surface area contributed by atoms with Gasteiger partial charge in [0.25, 0.3) is 0 Å². The third kappa shape index (κ3) is 5.64. The number of carbonyl (C=O) groups is 1. The smallest absolute Gasteiger partial charge is 0.328 e. The number of ether oxygens (including phenoxy) is 1. The summed E-state index contributed by atoms with van der Waals surface area (Å²) in [5.41, 5.74) is 6.43. The molecule has 1 rings (SSSR count). The minimum Gasteiger partial charge on any atom is -0.459 e. The second kappa shape index (κ2) is 6.78. The molecule has 0 amide bonds. The molecule has 0 aliphatic rings. The van der Waals surface area contributed by atoms with Crippen LogP contribution in [0.2, 0.25) is 0 Å². The van der Waals surface area contributed by atoms with Crippen molar-refractivity contribution in [2.24, 2.45) is 5.73 Å². The molecular formula is C13H20N2O5. The standard InChI is InChI=1S/C13H20N2O5/c1-13(2,3)20-12(16)11(14)10-6-4-5-9(7-10)8-19-15(17)18/h4-7,11,17-18H,8,14H2,1-3H3. The van der Waals surface area contributed by atoms with E-state index in [9.17, 15) is 4.79 Å². The Morgan fingerprint density at radius 3 is 2.60 bits per heavy atom. The fourth-order valence-electron chi connectivity index (χ4n) is 1.51. The summed E-state index contributed by atoms with van der Waals surface area (Å²) in [5.74, 6) is -0.526. The number of benzene rings is 1. The Balaban J connectivity index is 2.75. The van der Waals surface area contributed by atoms with E-state index in [1.165, 1.54) is 0 Å². The molecule has 0 saturated carbocycles.